The van der Waals surface area contributed by atoms with Crippen molar-refractivity contribution in [2.45, 2.75) is 6.92 Å². The molecule has 4 rings (SSSR count). The molecule has 0 atom stereocenters. The Kier molecular flexibility index (Phi) is 2.00. The second kappa shape index (κ2) is 3.68. The van der Waals surface area contributed by atoms with Crippen molar-refractivity contribution < 1.29 is 4.42 Å². The van der Waals surface area contributed by atoms with Crippen LogP contribution in [0, 0.1) is 6.92 Å². The fraction of sp³-hybridized carbons (Fsp3) is 0.0667. The van der Waals surface area contributed by atoms with E-state index in [1.165, 1.54) is 0 Å². The van der Waals surface area contributed by atoms with Crippen molar-refractivity contribution >= 4 is 16.6 Å². The van der Waals surface area contributed by atoms with E-state index in [2.05, 4.69) is 10.1 Å². The highest BCUT2D eigenvalue weighted by Gasteiger charge is 2.10. The minimum Gasteiger partial charge on any atom is -0.464 e. The van der Waals surface area contributed by atoms with Crippen LogP contribution < -0.4 is 0 Å². The van der Waals surface area contributed by atoms with Crippen molar-refractivity contribution in [3.05, 3.63) is 54.6 Å². The molecule has 0 amide bonds. The zero-order chi connectivity index (χ0) is 12.8. The van der Waals surface area contributed by atoms with Crippen LogP contribution in [0.25, 0.3) is 27.9 Å². The predicted molar refractivity (Wildman–Crippen MR) is 72.9 cm³/mol. The summed E-state index contributed by atoms with van der Waals surface area (Å²) in [6.45, 7) is 1.96. The fourth-order valence-corrected chi connectivity index (χ4v) is 2.32. The van der Waals surface area contributed by atoms with Gasteiger partial charge in [0.15, 0.2) is 5.65 Å². The number of para-hydroxylation sites is 1. The molecule has 4 heteroatoms. The molecule has 0 aliphatic rings. The summed E-state index contributed by atoms with van der Waals surface area (Å²) in [5.74, 6) is 0. The molecule has 4 aromatic rings. The van der Waals surface area contributed by atoms with Gasteiger partial charge in [0.2, 0.25) is 0 Å². The van der Waals surface area contributed by atoms with Gasteiger partial charge in [0.1, 0.15) is 11.8 Å². The first kappa shape index (κ1) is 10.3. The third-order valence-corrected chi connectivity index (χ3v) is 3.20. The molecular formula is C15H11N3O. The van der Waals surface area contributed by atoms with Crippen molar-refractivity contribution in [3.8, 4) is 11.3 Å². The lowest BCUT2D eigenvalue weighted by Gasteiger charge is -1.98. The third kappa shape index (κ3) is 1.53. The Morgan fingerprint density at radius 1 is 1.11 bits per heavy atom. The number of hydrogen-bond acceptors (Lipinski definition) is 3. The van der Waals surface area contributed by atoms with Gasteiger partial charge in [-0.2, -0.15) is 5.10 Å². The van der Waals surface area contributed by atoms with E-state index in [-0.39, 0.29) is 0 Å². The summed E-state index contributed by atoms with van der Waals surface area (Å²) >= 11 is 0. The van der Waals surface area contributed by atoms with Crippen LogP contribution in [0.15, 0.2) is 53.3 Å². The standard InChI is InChI=1S/C15H11N3O/c1-10-8-18-15(16-10)7-6-13(17-18)12-9-19-14-5-3-2-4-11(12)14/h2-9H,1H3. The second-order valence-electron chi connectivity index (χ2n) is 4.55. The number of fused-ring (bicyclic) bond motifs is 2. The summed E-state index contributed by atoms with van der Waals surface area (Å²) in [6, 6.07) is 11.9. The van der Waals surface area contributed by atoms with Crippen LogP contribution in [0.2, 0.25) is 0 Å². The number of imidazole rings is 1. The highest BCUT2D eigenvalue weighted by Crippen LogP contribution is 2.29. The maximum absolute atomic E-state index is 5.56. The number of aryl methyl sites for hydroxylation is 1. The summed E-state index contributed by atoms with van der Waals surface area (Å²) in [5.41, 5.74) is 4.58. The van der Waals surface area contributed by atoms with Crippen molar-refractivity contribution in [1.82, 2.24) is 14.6 Å². The Hall–Kier alpha value is -2.62. The molecule has 0 saturated heterocycles. The highest BCUT2D eigenvalue weighted by molar-refractivity contribution is 5.92. The lowest BCUT2D eigenvalue weighted by atomic mass is 10.1. The van der Waals surface area contributed by atoms with E-state index in [1.807, 2.05) is 49.5 Å². The maximum Gasteiger partial charge on any atom is 0.153 e. The van der Waals surface area contributed by atoms with Gasteiger partial charge < -0.3 is 4.42 Å². The summed E-state index contributed by atoms with van der Waals surface area (Å²) in [5, 5.41) is 5.66. The molecule has 92 valence electrons. The molecule has 0 aliphatic heterocycles. The number of benzene rings is 1. The monoisotopic (exact) mass is 249 g/mol. The Bertz CT molecular complexity index is 889. The summed E-state index contributed by atoms with van der Waals surface area (Å²) < 4.78 is 7.35. The minimum atomic E-state index is 0.856. The molecule has 0 bridgehead atoms. The summed E-state index contributed by atoms with van der Waals surface area (Å²) in [4.78, 5) is 4.37. The predicted octanol–water partition coefficient (Wildman–Crippen LogP) is 3.45. The second-order valence-corrected chi connectivity index (χ2v) is 4.55. The minimum absolute atomic E-state index is 0.856. The Balaban J connectivity index is 1.98. The number of hydrogen-bond donors (Lipinski definition) is 0. The van der Waals surface area contributed by atoms with Crippen LogP contribution in [-0.2, 0) is 0 Å². The summed E-state index contributed by atoms with van der Waals surface area (Å²) in [6.07, 6.45) is 3.67. The van der Waals surface area contributed by atoms with E-state index in [0.717, 1.165) is 33.6 Å². The topological polar surface area (TPSA) is 43.3 Å². The van der Waals surface area contributed by atoms with Gasteiger partial charge in [-0.05, 0) is 25.1 Å². The van der Waals surface area contributed by atoms with Gasteiger partial charge in [0.25, 0.3) is 0 Å². The van der Waals surface area contributed by atoms with Crippen LogP contribution >= 0.6 is 0 Å². The van der Waals surface area contributed by atoms with E-state index >= 15 is 0 Å². The summed E-state index contributed by atoms with van der Waals surface area (Å²) in [7, 11) is 0. The maximum atomic E-state index is 5.56. The van der Waals surface area contributed by atoms with E-state index < -0.39 is 0 Å². The molecule has 0 unspecified atom stereocenters. The SMILES string of the molecule is Cc1cn2nc(-c3coc4ccccc34)ccc2n1. The Morgan fingerprint density at radius 3 is 2.95 bits per heavy atom. The van der Waals surface area contributed by atoms with Gasteiger partial charge in [0, 0.05) is 10.9 Å². The lowest BCUT2D eigenvalue weighted by Crippen LogP contribution is -1.92. The molecule has 0 spiro atoms. The number of rotatable bonds is 1. The molecular weight excluding hydrogens is 238 g/mol. The Labute approximate surface area is 109 Å². The van der Waals surface area contributed by atoms with Gasteiger partial charge in [0.05, 0.1) is 17.6 Å². The van der Waals surface area contributed by atoms with Crippen LogP contribution in [0.5, 0.6) is 0 Å². The smallest absolute Gasteiger partial charge is 0.153 e. The first-order valence-electron chi connectivity index (χ1n) is 6.11. The van der Waals surface area contributed by atoms with Gasteiger partial charge in [-0.15, -0.1) is 0 Å². The van der Waals surface area contributed by atoms with Crippen LogP contribution in [0.4, 0.5) is 0 Å². The van der Waals surface area contributed by atoms with E-state index in [0.29, 0.717) is 0 Å². The first-order chi connectivity index (χ1) is 9.31. The van der Waals surface area contributed by atoms with E-state index in [1.54, 1.807) is 10.8 Å². The number of furan rings is 1. The molecule has 1 aromatic carbocycles. The van der Waals surface area contributed by atoms with Crippen molar-refractivity contribution in [2.75, 3.05) is 0 Å². The number of aromatic nitrogens is 3. The van der Waals surface area contributed by atoms with Crippen molar-refractivity contribution in [1.29, 1.82) is 0 Å². The number of nitrogens with zero attached hydrogens (tertiary/aromatic N) is 3. The zero-order valence-corrected chi connectivity index (χ0v) is 10.4. The van der Waals surface area contributed by atoms with Crippen LogP contribution in [0.1, 0.15) is 5.69 Å². The van der Waals surface area contributed by atoms with Crippen molar-refractivity contribution in [2.24, 2.45) is 0 Å². The third-order valence-electron chi connectivity index (χ3n) is 3.20. The first-order valence-corrected chi connectivity index (χ1v) is 6.11. The average Bonchev–Trinajstić information content (AvgIpc) is 2.99. The molecule has 4 nitrogen and oxygen atoms in total. The van der Waals surface area contributed by atoms with Crippen molar-refractivity contribution in [3.63, 3.8) is 0 Å². The molecule has 0 radical (unpaired) electrons. The molecule has 0 N–H and O–H groups in total. The molecule has 3 heterocycles. The quantitative estimate of drug-likeness (QED) is 0.519. The average molecular weight is 249 g/mol. The molecule has 0 saturated carbocycles. The largest absolute Gasteiger partial charge is 0.464 e. The van der Waals surface area contributed by atoms with Gasteiger partial charge >= 0.3 is 0 Å². The molecule has 0 aliphatic carbocycles. The van der Waals surface area contributed by atoms with Crippen LogP contribution in [0.3, 0.4) is 0 Å². The van der Waals surface area contributed by atoms with E-state index in [9.17, 15) is 0 Å². The van der Waals surface area contributed by atoms with Gasteiger partial charge in [-0.1, -0.05) is 18.2 Å². The fourth-order valence-electron chi connectivity index (χ4n) is 2.32. The highest BCUT2D eigenvalue weighted by atomic mass is 16.3. The molecule has 19 heavy (non-hydrogen) atoms. The molecule has 3 aromatic heterocycles. The lowest BCUT2D eigenvalue weighted by molar-refractivity contribution is 0.616. The van der Waals surface area contributed by atoms with Gasteiger partial charge in [-0.25, -0.2) is 9.50 Å². The normalized spacial score (nSPS) is 11.4. The van der Waals surface area contributed by atoms with Gasteiger partial charge in [-0.3, -0.25) is 0 Å². The zero-order valence-electron chi connectivity index (χ0n) is 10.4. The molecule has 0 fully saturated rings. The van der Waals surface area contributed by atoms with E-state index in [4.69, 9.17) is 4.42 Å². The van der Waals surface area contributed by atoms with Crippen LogP contribution in [-0.4, -0.2) is 14.6 Å². The Morgan fingerprint density at radius 2 is 2.00 bits per heavy atom.